The van der Waals surface area contributed by atoms with Crippen molar-refractivity contribution >= 4 is 22.4 Å². The molecule has 0 fully saturated rings. The Kier molecular flexibility index (Phi) is 4.73. The summed E-state index contributed by atoms with van der Waals surface area (Å²) < 4.78 is 1.79. The SMILES string of the molecule is Cn1cc(-c2ccc(CCNC(=O)Nc3cccs3)cc2)cn1. The maximum absolute atomic E-state index is 11.7. The van der Waals surface area contributed by atoms with Crippen LogP contribution in [0.4, 0.5) is 9.80 Å². The number of carbonyl (C=O) groups is 1. The topological polar surface area (TPSA) is 59.0 Å². The van der Waals surface area contributed by atoms with Crippen molar-refractivity contribution in [2.45, 2.75) is 6.42 Å². The highest BCUT2D eigenvalue weighted by atomic mass is 32.1. The third kappa shape index (κ3) is 4.20. The highest BCUT2D eigenvalue weighted by molar-refractivity contribution is 7.14. The summed E-state index contributed by atoms with van der Waals surface area (Å²) in [5, 5.41) is 12.6. The molecule has 0 aliphatic carbocycles. The zero-order valence-corrected chi connectivity index (χ0v) is 13.6. The molecule has 2 heterocycles. The monoisotopic (exact) mass is 326 g/mol. The van der Waals surface area contributed by atoms with Crippen molar-refractivity contribution in [3.63, 3.8) is 0 Å². The van der Waals surface area contributed by atoms with Gasteiger partial charge in [0.1, 0.15) is 0 Å². The number of anilines is 1. The van der Waals surface area contributed by atoms with Gasteiger partial charge in [0, 0.05) is 25.4 Å². The molecule has 2 N–H and O–H groups in total. The van der Waals surface area contributed by atoms with Crippen molar-refractivity contribution in [3.05, 3.63) is 59.7 Å². The van der Waals surface area contributed by atoms with E-state index in [0.29, 0.717) is 6.54 Å². The molecule has 0 saturated heterocycles. The van der Waals surface area contributed by atoms with Crippen LogP contribution in [-0.2, 0) is 13.5 Å². The van der Waals surface area contributed by atoms with E-state index in [2.05, 4.69) is 40.0 Å². The average Bonchev–Trinajstić information content (AvgIpc) is 3.20. The van der Waals surface area contributed by atoms with Crippen molar-refractivity contribution in [1.29, 1.82) is 0 Å². The van der Waals surface area contributed by atoms with Crippen LogP contribution >= 0.6 is 11.3 Å². The molecule has 118 valence electrons. The Labute approximate surface area is 139 Å². The van der Waals surface area contributed by atoms with Crippen LogP contribution in [-0.4, -0.2) is 22.4 Å². The van der Waals surface area contributed by atoms with Gasteiger partial charge >= 0.3 is 6.03 Å². The highest BCUT2D eigenvalue weighted by Crippen LogP contribution is 2.19. The van der Waals surface area contributed by atoms with Crippen molar-refractivity contribution < 1.29 is 4.79 Å². The Morgan fingerprint density at radius 3 is 2.70 bits per heavy atom. The third-order valence-corrected chi connectivity index (χ3v) is 4.23. The molecule has 0 unspecified atom stereocenters. The van der Waals surface area contributed by atoms with E-state index in [-0.39, 0.29) is 6.03 Å². The lowest BCUT2D eigenvalue weighted by Gasteiger charge is -2.06. The molecule has 23 heavy (non-hydrogen) atoms. The molecule has 0 saturated carbocycles. The smallest absolute Gasteiger partial charge is 0.319 e. The maximum atomic E-state index is 11.7. The Balaban J connectivity index is 1.48. The van der Waals surface area contributed by atoms with Crippen molar-refractivity contribution in [3.8, 4) is 11.1 Å². The Bertz CT molecular complexity index is 762. The minimum absolute atomic E-state index is 0.167. The lowest BCUT2D eigenvalue weighted by atomic mass is 10.1. The van der Waals surface area contributed by atoms with Gasteiger partial charge in [-0.15, -0.1) is 11.3 Å². The van der Waals surface area contributed by atoms with Crippen LogP contribution in [0.5, 0.6) is 0 Å². The van der Waals surface area contributed by atoms with Gasteiger partial charge in [-0.3, -0.25) is 10.00 Å². The number of carbonyl (C=O) groups excluding carboxylic acids is 1. The van der Waals surface area contributed by atoms with Crippen LogP contribution in [0.2, 0.25) is 0 Å². The van der Waals surface area contributed by atoms with Crippen LogP contribution < -0.4 is 10.6 Å². The summed E-state index contributed by atoms with van der Waals surface area (Å²) in [5.41, 5.74) is 3.44. The Hall–Kier alpha value is -2.60. The summed E-state index contributed by atoms with van der Waals surface area (Å²) >= 11 is 1.50. The fraction of sp³-hybridized carbons (Fsp3) is 0.176. The maximum Gasteiger partial charge on any atom is 0.319 e. The first-order valence-corrected chi connectivity index (χ1v) is 8.25. The fourth-order valence-electron chi connectivity index (χ4n) is 2.26. The van der Waals surface area contributed by atoms with Gasteiger partial charge in [-0.25, -0.2) is 4.79 Å². The van der Waals surface area contributed by atoms with Gasteiger partial charge in [0.05, 0.1) is 11.2 Å². The summed E-state index contributed by atoms with van der Waals surface area (Å²) in [6.45, 7) is 0.601. The van der Waals surface area contributed by atoms with Gasteiger partial charge in [-0.1, -0.05) is 24.3 Å². The number of hydrogen-bond acceptors (Lipinski definition) is 3. The van der Waals surface area contributed by atoms with Gasteiger partial charge in [0.25, 0.3) is 0 Å². The van der Waals surface area contributed by atoms with Crippen LogP contribution in [0, 0.1) is 0 Å². The molecule has 0 radical (unpaired) electrons. The van der Waals surface area contributed by atoms with Crippen LogP contribution in [0.25, 0.3) is 11.1 Å². The van der Waals surface area contributed by atoms with Gasteiger partial charge in [0.15, 0.2) is 0 Å². The molecule has 0 atom stereocenters. The molecule has 5 nitrogen and oxygen atoms in total. The molecule has 3 aromatic rings. The Morgan fingerprint density at radius 2 is 2.04 bits per heavy atom. The summed E-state index contributed by atoms with van der Waals surface area (Å²) in [6.07, 6.45) is 4.64. The number of amides is 2. The van der Waals surface area contributed by atoms with E-state index >= 15 is 0 Å². The number of benzene rings is 1. The molecular formula is C17H18N4OS. The predicted molar refractivity (Wildman–Crippen MR) is 93.7 cm³/mol. The molecule has 0 spiro atoms. The van der Waals surface area contributed by atoms with Crippen molar-refractivity contribution in [2.75, 3.05) is 11.9 Å². The molecular weight excluding hydrogens is 308 g/mol. The fourth-order valence-corrected chi connectivity index (χ4v) is 2.87. The van der Waals surface area contributed by atoms with Gasteiger partial charge < -0.3 is 5.32 Å². The van der Waals surface area contributed by atoms with Gasteiger partial charge in [-0.2, -0.15) is 5.10 Å². The second kappa shape index (κ2) is 7.11. The van der Waals surface area contributed by atoms with E-state index in [1.165, 1.54) is 16.9 Å². The molecule has 2 aromatic heterocycles. The lowest BCUT2D eigenvalue weighted by molar-refractivity contribution is 0.252. The van der Waals surface area contributed by atoms with Gasteiger partial charge in [-0.05, 0) is 35.1 Å². The van der Waals surface area contributed by atoms with Crippen LogP contribution in [0.15, 0.2) is 54.2 Å². The van der Waals surface area contributed by atoms with E-state index in [0.717, 1.165) is 22.5 Å². The molecule has 0 aliphatic rings. The normalized spacial score (nSPS) is 10.5. The van der Waals surface area contributed by atoms with Crippen LogP contribution in [0.3, 0.4) is 0 Å². The minimum atomic E-state index is -0.167. The van der Waals surface area contributed by atoms with Crippen molar-refractivity contribution in [2.24, 2.45) is 7.05 Å². The van der Waals surface area contributed by atoms with Crippen LogP contribution in [0.1, 0.15) is 5.56 Å². The zero-order chi connectivity index (χ0) is 16.1. The summed E-state index contributed by atoms with van der Waals surface area (Å²) in [4.78, 5) is 11.7. The number of thiophene rings is 1. The second-order valence-electron chi connectivity index (χ2n) is 5.21. The molecule has 1 aromatic carbocycles. The number of hydrogen-bond donors (Lipinski definition) is 2. The highest BCUT2D eigenvalue weighted by Gasteiger charge is 2.03. The largest absolute Gasteiger partial charge is 0.338 e. The number of nitrogens with zero attached hydrogens (tertiary/aromatic N) is 2. The number of nitrogens with one attached hydrogen (secondary N) is 2. The molecule has 2 amide bonds. The number of rotatable bonds is 5. The van der Waals surface area contributed by atoms with Crippen molar-refractivity contribution in [1.82, 2.24) is 15.1 Å². The first kappa shape index (κ1) is 15.3. The first-order chi connectivity index (χ1) is 11.2. The second-order valence-corrected chi connectivity index (χ2v) is 6.16. The van der Waals surface area contributed by atoms with E-state index < -0.39 is 0 Å². The number of aryl methyl sites for hydroxylation is 1. The van der Waals surface area contributed by atoms with Gasteiger partial charge in [0.2, 0.25) is 0 Å². The molecule has 3 rings (SSSR count). The molecule has 6 heteroatoms. The third-order valence-electron chi connectivity index (χ3n) is 3.45. The molecule has 0 aliphatic heterocycles. The summed E-state index contributed by atoms with van der Waals surface area (Å²) in [5.74, 6) is 0. The zero-order valence-electron chi connectivity index (χ0n) is 12.8. The molecule has 0 bridgehead atoms. The lowest BCUT2D eigenvalue weighted by Crippen LogP contribution is -2.30. The average molecular weight is 326 g/mol. The quantitative estimate of drug-likeness (QED) is 0.754. The number of urea groups is 1. The number of aromatic nitrogens is 2. The minimum Gasteiger partial charge on any atom is -0.338 e. The van der Waals surface area contributed by atoms with E-state index in [4.69, 9.17) is 0 Å². The Morgan fingerprint density at radius 1 is 1.22 bits per heavy atom. The predicted octanol–water partition coefficient (Wildman–Crippen LogP) is 3.51. The summed E-state index contributed by atoms with van der Waals surface area (Å²) in [6, 6.07) is 11.9. The van der Waals surface area contributed by atoms with E-state index in [1.54, 1.807) is 4.68 Å². The van der Waals surface area contributed by atoms with E-state index in [9.17, 15) is 4.79 Å². The van der Waals surface area contributed by atoms with E-state index in [1.807, 2.05) is 37.0 Å². The standard InChI is InChI=1S/C17H18N4OS/c1-21-12-15(11-19-21)14-6-4-13(5-7-14)8-9-18-17(22)20-16-3-2-10-23-16/h2-7,10-12H,8-9H2,1H3,(H2,18,20,22). The first-order valence-electron chi connectivity index (χ1n) is 7.37. The summed E-state index contributed by atoms with van der Waals surface area (Å²) in [7, 11) is 1.91.